The zero-order chi connectivity index (χ0) is 71.5. The maximum Gasteiger partial charge on any atom is 0.220 e. The normalized spacial score (nSPS) is 22.0. The van der Waals surface area contributed by atoms with Crippen molar-refractivity contribution in [3.05, 3.63) is 36.5 Å². The Morgan fingerprint density at radius 2 is 0.646 bits per heavy atom. The van der Waals surface area contributed by atoms with E-state index in [2.05, 4.69) is 43.5 Å². The molecule has 0 aromatic carbocycles. The second-order valence-electron chi connectivity index (χ2n) is 30.3. The number of ether oxygens (including phenoxy) is 4. The van der Waals surface area contributed by atoms with Crippen LogP contribution in [0.4, 0.5) is 0 Å². The van der Waals surface area contributed by atoms with Crippen LogP contribution in [0.25, 0.3) is 0 Å². The molecule has 1 amide bonds. The van der Waals surface area contributed by atoms with Crippen LogP contribution in [0.2, 0.25) is 0 Å². The fourth-order valence-corrected chi connectivity index (χ4v) is 14.3. The molecule has 12 unspecified atom stereocenters. The lowest BCUT2D eigenvalue weighted by Gasteiger charge is -2.46. The molecule has 2 saturated heterocycles. The van der Waals surface area contributed by atoms with Crippen LogP contribution in [0.5, 0.6) is 0 Å². The van der Waals surface area contributed by atoms with Crippen LogP contribution >= 0.6 is 0 Å². The van der Waals surface area contributed by atoms with Crippen molar-refractivity contribution in [2.24, 2.45) is 0 Å². The molecule has 99 heavy (non-hydrogen) atoms. The lowest BCUT2D eigenvalue weighted by atomic mass is 9.97. The molecule has 0 aromatic rings. The van der Waals surface area contributed by atoms with Crippen molar-refractivity contribution in [3.8, 4) is 0 Å². The van der Waals surface area contributed by atoms with E-state index in [1.807, 2.05) is 6.08 Å². The molecule has 9 N–H and O–H groups in total. The molecule has 0 aliphatic carbocycles. The summed E-state index contributed by atoms with van der Waals surface area (Å²) in [4.78, 5) is 13.4. The van der Waals surface area contributed by atoms with Gasteiger partial charge in [0.25, 0.3) is 0 Å². The van der Waals surface area contributed by atoms with Gasteiger partial charge in [-0.15, -0.1) is 0 Å². The number of carbonyl (C=O) groups is 1. The Hall–Kier alpha value is -1.79. The number of unbranched alkanes of at least 4 members (excludes halogenated alkanes) is 56. The molecule has 2 aliphatic heterocycles. The van der Waals surface area contributed by atoms with Crippen molar-refractivity contribution in [2.75, 3.05) is 19.8 Å². The first-order valence-corrected chi connectivity index (χ1v) is 42.7. The minimum absolute atomic E-state index is 0.244. The molecule has 584 valence electrons. The summed E-state index contributed by atoms with van der Waals surface area (Å²) >= 11 is 0. The maximum absolute atomic E-state index is 13.4. The monoisotopic (exact) mass is 1400 g/mol. The van der Waals surface area contributed by atoms with Crippen LogP contribution in [0, 0.1) is 0 Å². The van der Waals surface area contributed by atoms with Crippen molar-refractivity contribution in [1.82, 2.24) is 5.32 Å². The topological polar surface area (TPSA) is 228 Å². The zero-order valence-corrected chi connectivity index (χ0v) is 64.3. The first kappa shape index (κ1) is 93.3. The lowest BCUT2D eigenvalue weighted by molar-refractivity contribution is -0.359. The number of allylic oxidation sites excluding steroid dienone is 5. The maximum atomic E-state index is 13.4. The van der Waals surface area contributed by atoms with Crippen molar-refractivity contribution < 1.29 is 64.6 Å². The predicted octanol–water partition coefficient (Wildman–Crippen LogP) is 20.0. The summed E-state index contributed by atoms with van der Waals surface area (Å²) in [5.74, 6) is -0.244. The lowest BCUT2D eigenvalue weighted by Crippen LogP contribution is -2.65. The summed E-state index contributed by atoms with van der Waals surface area (Å²) < 4.78 is 22.9. The average molecular weight is 1410 g/mol. The number of carbonyl (C=O) groups excluding carboxylic acids is 1. The molecule has 0 saturated carbocycles. The van der Waals surface area contributed by atoms with Crippen molar-refractivity contribution in [2.45, 2.75) is 479 Å². The Morgan fingerprint density at radius 1 is 0.354 bits per heavy atom. The highest BCUT2D eigenvalue weighted by molar-refractivity contribution is 5.76. The molecular weight excluding hydrogens is 1240 g/mol. The molecule has 14 nitrogen and oxygen atoms in total. The molecule has 0 aromatic heterocycles. The summed E-state index contributed by atoms with van der Waals surface area (Å²) in [6.07, 6.45) is 75.5. The minimum atomic E-state index is -1.79. The van der Waals surface area contributed by atoms with E-state index < -0.39 is 86.8 Å². The summed E-state index contributed by atoms with van der Waals surface area (Å²) in [5.41, 5.74) is 0. The Bertz CT molecular complexity index is 1800. The van der Waals surface area contributed by atoms with Gasteiger partial charge in [-0.1, -0.05) is 391 Å². The quantitative estimate of drug-likeness (QED) is 0.0204. The van der Waals surface area contributed by atoms with Gasteiger partial charge in [0.1, 0.15) is 48.8 Å². The summed E-state index contributed by atoms with van der Waals surface area (Å²) in [5, 5.41) is 87.7. The van der Waals surface area contributed by atoms with Crippen LogP contribution < -0.4 is 5.32 Å². The van der Waals surface area contributed by atoms with Crippen molar-refractivity contribution in [3.63, 3.8) is 0 Å². The van der Waals surface area contributed by atoms with E-state index in [4.69, 9.17) is 18.9 Å². The fourth-order valence-electron chi connectivity index (χ4n) is 14.3. The van der Waals surface area contributed by atoms with E-state index in [1.165, 1.54) is 327 Å². The highest BCUT2D eigenvalue weighted by Gasteiger charge is 2.51. The van der Waals surface area contributed by atoms with E-state index in [-0.39, 0.29) is 18.9 Å². The SMILES string of the molecule is CCCCCCCCCCCCCCCCCCCCC/C=C/CC/C=C/CC/C=C/C(O)C(COC1OC(CO)C(OC2OC(CO)C(O)C(O)C2O)C(O)C1O)NC(=O)CCCCCCCCCCCCCCCCCCCCCCCCCCCCCCCCCCCCCC. The smallest absolute Gasteiger partial charge is 0.220 e. The van der Waals surface area contributed by atoms with Crippen molar-refractivity contribution in [1.29, 1.82) is 0 Å². The minimum Gasteiger partial charge on any atom is -0.394 e. The number of hydrogen-bond acceptors (Lipinski definition) is 13. The second-order valence-corrected chi connectivity index (χ2v) is 30.3. The molecule has 2 rings (SSSR count). The van der Waals surface area contributed by atoms with E-state index in [0.29, 0.717) is 12.8 Å². The van der Waals surface area contributed by atoms with Gasteiger partial charge in [-0.2, -0.15) is 0 Å². The molecule has 0 radical (unpaired) electrons. The van der Waals surface area contributed by atoms with Gasteiger partial charge in [-0.05, 0) is 44.9 Å². The number of rotatable bonds is 73. The van der Waals surface area contributed by atoms with Gasteiger partial charge in [-0.25, -0.2) is 0 Å². The average Bonchev–Trinajstić information content (AvgIpc) is 0.793. The van der Waals surface area contributed by atoms with Crippen LogP contribution in [-0.4, -0.2) is 140 Å². The first-order valence-electron chi connectivity index (χ1n) is 42.7. The van der Waals surface area contributed by atoms with E-state index in [0.717, 1.165) is 44.9 Å². The first-order chi connectivity index (χ1) is 48.6. The molecule has 12 atom stereocenters. The summed E-state index contributed by atoms with van der Waals surface area (Å²) in [6, 6.07) is -0.939. The summed E-state index contributed by atoms with van der Waals surface area (Å²) in [6.45, 7) is 2.85. The highest BCUT2D eigenvalue weighted by atomic mass is 16.7. The Kier molecular flexibility index (Phi) is 65.3. The number of aliphatic hydroxyl groups is 8. The third kappa shape index (κ3) is 51.9. The number of amides is 1. The van der Waals surface area contributed by atoms with Gasteiger partial charge in [0.2, 0.25) is 5.91 Å². The molecule has 2 fully saturated rings. The van der Waals surface area contributed by atoms with Crippen LogP contribution in [-0.2, 0) is 23.7 Å². The zero-order valence-electron chi connectivity index (χ0n) is 64.3. The largest absolute Gasteiger partial charge is 0.394 e. The third-order valence-corrected chi connectivity index (χ3v) is 21.1. The fraction of sp³-hybridized carbons (Fsp3) is 0.918. The van der Waals surface area contributed by atoms with E-state index in [9.17, 15) is 45.6 Å². The summed E-state index contributed by atoms with van der Waals surface area (Å²) in [7, 11) is 0. The second kappa shape index (κ2) is 69.3. The number of hydrogen-bond donors (Lipinski definition) is 9. The van der Waals surface area contributed by atoms with Crippen LogP contribution in [0.15, 0.2) is 36.5 Å². The Balaban J connectivity index is 1.60. The number of nitrogens with one attached hydrogen (secondary N) is 1. The molecule has 2 heterocycles. The van der Waals surface area contributed by atoms with Gasteiger partial charge in [0.15, 0.2) is 12.6 Å². The molecule has 14 heteroatoms. The van der Waals surface area contributed by atoms with Gasteiger partial charge >= 0.3 is 0 Å². The highest BCUT2D eigenvalue weighted by Crippen LogP contribution is 2.30. The molecule has 0 spiro atoms. The van der Waals surface area contributed by atoms with Gasteiger partial charge in [-0.3, -0.25) is 4.79 Å². The number of aliphatic hydroxyl groups excluding tert-OH is 8. The molecular formula is C85H161NO13. The molecule has 2 aliphatic rings. The molecule has 0 bridgehead atoms. The standard InChI is InChI=1S/C85H161NO13/c1-3-5-7-9-11-13-15-17-19-21-23-25-27-29-31-33-34-35-36-37-38-39-41-43-45-47-49-51-53-55-57-59-61-63-65-67-69-77(90)86-73(72-96-84-82(95)80(93)83(76(71-88)98-84)99-85-81(94)79(92)78(91)75(70-87)97-85)74(89)68-66-64-62-60-58-56-54-52-50-48-46-44-42-40-32-30-28-26-24-22-20-18-16-14-12-10-8-6-4-2/h50,52,58,60,66,68,73-76,78-85,87-89,91-95H,3-49,51,53-57,59,61-65,67,69-72H2,1-2H3,(H,86,90)/b52-50+,60-58+,68-66+. The third-order valence-electron chi connectivity index (χ3n) is 21.1. The van der Waals surface area contributed by atoms with E-state index in [1.54, 1.807) is 6.08 Å². The van der Waals surface area contributed by atoms with Crippen LogP contribution in [0.1, 0.15) is 406 Å². The van der Waals surface area contributed by atoms with Gasteiger partial charge < -0.3 is 65.1 Å². The van der Waals surface area contributed by atoms with E-state index >= 15 is 0 Å². The van der Waals surface area contributed by atoms with Crippen LogP contribution in [0.3, 0.4) is 0 Å². The van der Waals surface area contributed by atoms with Gasteiger partial charge in [0.05, 0.1) is 32.0 Å². The predicted molar refractivity (Wildman–Crippen MR) is 411 cm³/mol. The Labute approximate surface area is 608 Å². The van der Waals surface area contributed by atoms with Crippen molar-refractivity contribution >= 4 is 5.91 Å². The van der Waals surface area contributed by atoms with Gasteiger partial charge in [0, 0.05) is 6.42 Å². The Morgan fingerprint density at radius 3 is 0.990 bits per heavy atom.